The molecule has 5 nitrogen and oxygen atoms in total. The molecule has 0 atom stereocenters. The minimum Gasteiger partial charge on any atom is -0.506 e. The molecule has 0 unspecified atom stereocenters. The Kier molecular flexibility index (Phi) is 6.80. The molecule has 2 aromatic carbocycles. The molecule has 0 aromatic heterocycles. The molecule has 0 radical (unpaired) electrons. The van der Waals surface area contributed by atoms with Crippen LogP contribution in [0, 0.1) is 13.8 Å². The number of aryl methyl sites for hydroxylation is 2. The molecular formula is C23H30N2O3. The Morgan fingerprint density at radius 1 is 1.04 bits per heavy atom. The smallest absolute Gasteiger partial charge is 0.222 e. The quantitative estimate of drug-likeness (QED) is 0.738. The maximum Gasteiger partial charge on any atom is 0.222 e. The molecule has 0 saturated carbocycles. The summed E-state index contributed by atoms with van der Waals surface area (Å²) in [6.45, 7) is 7.64. The van der Waals surface area contributed by atoms with E-state index in [4.69, 9.17) is 4.74 Å². The van der Waals surface area contributed by atoms with Crippen molar-refractivity contribution in [3.8, 4) is 11.5 Å². The van der Waals surface area contributed by atoms with Crippen LogP contribution < -0.4 is 9.64 Å². The van der Waals surface area contributed by atoms with Crippen molar-refractivity contribution in [3.05, 3.63) is 53.6 Å². The second-order valence-electron chi connectivity index (χ2n) is 7.43. The zero-order chi connectivity index (χ0) is 19.9. The number of hydrogen-bond donors (Lipinski definition) is 1. The zero-order valence-corrected chi connectivity index (χ0v) is 16.9. The van der Waals surface area contributed by atoms with Crippen LogP contribution in [0.2, 0.25) is 0 Å². The topological polar surface area (TPSA) is 53.0 Å². The summed E-state index contributed by atoms with van der Waals surface area (Å²) in [6, 6.07) is 13.6. The van der Waals surface area contributed by atoms with Crippen molar-refractivity contribution in [2.75, 3.05) is 37.7 Å². The van der Waals surface area contributed by atoms with E-state index in [1.807, 2.05) is 30.0 Å². The van der Waals surface area contributed by atoms with Crippen molar-refractivity contribution < 1.29 is 14.6 Å². The summed E-state index contributed by atoms with van der Waals surface area (Å²) in [4.78, 5) is 16.5. The van der Waals surface area contributed by atoms with Gasteiger partial charge in [0, 0.05) is 32.6 Å². The second kappa shape index (κ2) is 9.49. The Bertz CT molecular complexity index is 798. The number of phenolic OH excluding ortho intramolecular Hbond substituents is 1. The third kappa shape index (κ3) is 5.18. The van der Waals surface area contributed by atoms with E-state index in [1.54, 1.807) is 6.07 Å². The third-order valence-corrected chi connectivity index (χ3v) is 5.24. The van der Waals surface area contributed by atoms with Crippen molar-refractivity contribution in [1.82, 2.24) is 4.90 Å². The highest BCUT2D eigenvalue weighted by Gasteiger charge is 2.22. The van der Waals surface area contributed by atoms with Gasteiger partial charge in [-0.2, -0.15) is 0 Å². The Balaban J connectivity index is 1.36. The predicted octanol–water partition coefficient (Wildman–Crippen LogP) is 3.91. The number of nitrogens with zero attached hydrogens (tertiary/aromatic N) is 2. The van der Waals surface area contributed by atoms with Crippen LogP contribution in [-0.4, -0.2) is 48.7 Å². The summed E-state index contributed by atoms with van der Waals surface area (Å²) in [6.07, 6.45) is 2.27. The largest absolute Gasteiger partial charge is 0.506 e. The third-order valence-electron chi connectivity index (χ3n) is 5.24. The highest BCUT2D eigenvalue weighted by molar-refractivity contribution is 5.76. The maximum absolute atomic E-state index is 12.5. The minimum atomic E-state index is 0.212. The van der Waals surface area contributed by atoms with Gasteiger partial charge in [0.15, 0.2) is 0 Å². The van der Waals surface area contributed by atoms with Gasteiger partial charge in [0.05, 0.1) is 12.3 Å². The van der Waals surface area contributed by atoms with Gasteiger partial charge in [-0.1, -0.05) is 24.3 Å². The summed E-state index contributed by atoms with van der Waals surface area (Å²) in [5.41, 5.74) is 3.18. The van der Waals surface area contributed by atoms with Gasteiger partial charge in [-0.25, -0.2) is 0 Å². The van der Waals surface area contributed by atoms with Gasteiger partial charge in [0.1, 0.15) is 11.5 Å². The van der Waals surface area contributed by atoms with Crippen LogP contribution in [0.5, 0.6) is 11.5 Å². The number of aromatic hydroxyl groups is 1. The van der Waals surface area contributed by atoms with Crippen LogP contribution in [0.1, 0.15) is 30.4 Å². The summed E-state index contributed by atoms with van der Waals surface area (Å²) < 4.78 is 5.86. The van der Waals surface area contributed by atoms with Gasteiger partial charge in [-0.05, 0) is 56.0 Å². The molecule has 5 heteroatoms. The van der Waals surface area contributed by atoms with Gasteiger partial charge in [-0.3, -0.25) is 4.79 Å². The average Bonchev–Trinajstić information content (AvgIpc) is 2.70. The van der Waals surface area contributed by atoms with Crippen LogP contribution in [0.15, 0.2) is 42.5 Å². The van der Waals surface area contributed by atoms with E-state index in [0.29, 0.717) is 31.9 Å². The van der Waals surface area contributed by atoms with Crippen molar-refractivity contribution in [3.63, 3.8) is 0 Å². The molecule has 0 bridgehead atoms. The number of para-hydroxylation sites is 2. The molecule has 150 valence electrons. The minimum absolute atomic E-state index is 0.212. The highest BCUT2D eigenvalue weighted by atomic mass is 16.5. The van der Waals surface area contributed by atoms with Crippen molar-refractivity contribution in [1.29, 1.82) is 0 Å². The van der Waals surface area contributed by atoms with Gasteiger partial charge in [-0.15, -0.1) is 0 Å². The number of hydrogen-bond acceptors (Lipinski definition) is 4. The number of phenols is 1. The van der Waals surface area contributed by atoms with E-state index >= 15 is 0 Å². The van der Waals surface area contributed by atoms with Crippen molar-refractivity contribution >= 4 is 11.6 Å². The van der Waals surface area contributed by atoms with E-state index in [1.165, 1.54) is 5.56 Å². The number of rotatable bonds is 7. The SMILES string of the molecule is Cc1ccc(C)c(OCCCCC(=O)N2CCN(c3ccccc3O)CC2)c1. The number of amides is 1. The molecule has 28 heavy (non-hydrogen) atoms. The number of unbranched alkanes of at least 4 members (excludes halogenated alkanes) is 1. The summed E-state index contributed by atoms with van der Waals surface area (Å²) in [5.74, 6) is 1.45. The monoisotopic (exact) mass is 382 g/mol. The molecular weight excluding hydrogens is 352 g/mol. The summed E-state index contributed by atoms with van der Waals surface area (Å²) in [5, 5.41) is 9.99. The summed E-state index contributed by atoms with van der Waals surface area (Å²) in [7, 11) is 0. The molecule has 1 heterocycles. The fourth-order valence-electron chi connectivity index (χ4n) is 3.51. The van der Waals surface area contributed by atoms with Crippen LogP contribution >= 0.6 is 0 Å². The number of carbonyl (C=O) groups is 1. The van der Waals surface area contributed by atoms with E-state index in [0.717, 1.165) is 42.9 Å². The van der Waals surface area contributed by atoms with Crippen LogP contribution in [-0.2, 0) is 4.79 Å². The Morgan fingerprint density at radius 2 is 1.79 bits per heavy atom. The summed E-state index contributed by atoms with van der Waals surface area (Å²) >= 11 is 0. The number of benzene rings is 2. The highest BCUT2D eigenvalue weighted by Crippen LogP contribution is 2.27. The van der Waals surface area contributed by atoms with Gasteiger partial charge in [0.2, 0.25) is 5.91 Å². The second-order valence-corrected chi connectivity index (χ2v) is 7.43. The molecule has 2 aromatic rings. The fraction of sp³-hybridized carbons (Fsp3) is 0.435. The average molecular weight is 383 g/mol. The number of carbonyl (C=O) groups excluding carboxylic acids is 1. The zero-order valence-electron chi connectivity index (χ0n) is 16.9. The Hall–Kier alpha value is -2.69. The first-order valence-corrected chi connectivity index (χ1v) is 10.1. The van der Waals surface area contributed by atoms with Crippen LogP contribution in [0.25, 0.3) is 0 Å². The molecule has 0 spiro atoms. The van der Waals surface area contributed by atoms with E-state index in [-0.39, 0.29) is 5.91 Å². The molecule has 1 N–H and O–H groups in total. The fourth-order valence-corrected chi connectivity index (χ4v) is 3.51. The lowest BCUT2D eigenvalue weighted by atomic mass is 10.1. The molecule has 1 amide bonds. The first-order chi connectivity index (χ1) is 13.5. The predicted molar refractivity (Wildman–Crippen MR) is 112 cm³/mol. The molecule has 1 aliphatic rings. The number of piperazine rings is 1. The standard InChI is InChI=1S/C23H30N2O3/c1-18-10-11-19(2)22(17-18)28-16-6-5-9-23(27)25-14-12-24(13-15-25)20-7-3-4-8-21(20)26/h3-4,7-8,10-11,17,26H,5-6,9,12-16H2,1-2H3. The van der Waals surface area contributed by atoms with Crippen molar-refractivity contribution in [2.24, 2.45) is 0 Å². The van der Waals surface area contributed by atoms with Crippen LogP contribution in [0.4, 0.5) is 5.69 Å². The first kappa shape index (κ1) is 20.1. The number of ether oxygens (including phenoxy) is 1. The van der Waals surface area contributed by atoms with E-state index < -0.39 is 0 Å². The lowest BCUT2D eigenvalue weighted by Crippen LogP contribution is -2.48. The van der Waals surface area contributed by atoms with Gasteiger partial charge < -0.3 is 19.6 Å². The van der Waals surface area contributed by atoms with E-state index in [9.17, 15) is 9.90 Å². The molecule has 3 rings (SSSR count). The van der Waals surface area contributed by atoms with Crippen LogP contribution in [0.3, 0.4) is 0 Å². The Morgan fingerprint density at radius 3 is 2.54 bits per heavy atom. The molecule has 1 fully saturated rings. The first-order valence-electron chi connectivity index (χ1n) is 10.1. The normalized spacial score (nSPS) is 14.2. The van der Waals surface area contributed by atoms with Gasteiger partial charge in [0.25, 0.3) is 0 Å². The van der Waals surface area contributed by atoms with Crippen molar-refractivity contribution in [2.45, 2.75) is 33.1 Å². The van der Waals surface area contributed by atoms with E-state index in [2.05, 4.69) is 30.0 Å². The molecule has 1 aliphatic heterocycles. The molecule has 0 aliphatic carbocycles. The molecule has 1 saturated heterocycles. The number of anilines is 1. The lowest BCUT2D eigenvalue weighted by Gasteiger charge is -2.36. The lowest BCUT2D eigenvalue weighted by molar-refractivity contribution is -0.131. The maximum atomic E-state index is 12.5. The Labute approximate surface area is 167 Å². The van der Waals surface area contributed by atoms with Gasteiger partial charge >= 0.3 is 0 Å².